The Morgan fingerprint density at radius 3 is 2.85 bits per heavy atom. The van der Waals surface area contributed by atoms with E-state index in [9.17, 15) is 9.59 Å². The van der Waals surface area contributed by atoms with Gasteiger partial charge in [0.25, 0.3) is 0 Å². The molecule has 0 radical (unpaired) electrons. The second-order valence-corrected chi connectivity index (χ2v) is 9.36. The summed E-state index contributed by atoms with van der Waals surface area (Å²) < 4.78 is 7.45. The van der Waals surface area contributed by atoms with Gasteiger partial charge in [-0.2, -0.15) is 0 Å². The largest absolute Gasteiger partial charge is 0.457 e. The first-order valence-electron chi connectivity index (χ1n) is 11.8. The molecule has 0 amide bonds. The Labute approximate surface area is 193 Å². The van der Waals surface area contributed by atoms with Crippen LogP contribution in [0.15, 0.2) is 36.5 Å². The molecule has 6 nitrogen and oxygen atoms in total. The number of imidazole rings is 1. The highest BCUT2D eigenvalue weighted by molar-refractivity contribution is 5.99. The molecular formula is C27H27N3O3. The van der Waals surface area contributed by atoms with Crippen molar-refractivity contribution in [1.29, 1.82) is 0 Å². The van der Waals surface area contributed by atoms with Crippen molar-refractivity contribution >= 4 is 11.8 Å². The lowest BCUT2D eigenvalue weighted by Gasteiger charge is -2.27. The SMILES string of the molecule is Cc1c(CCN2CCn3cc(-c4ccc5c(c4)CCCC5=O)nc3C2)ccc2c1COC2=O. The van der Waals surface area contributed by atoms with Crippen molar-refractivity contribution in [2.24, 2.45) is 0 Å². The van der Waals surface area contributed by atoms with Crippen molar-refractivity contribution in [1.82, 2.24) is 14.5 Å². The lowest BCUT2D eigenvalue weighted by molar-refractivity contribution is 0.0534. The molecule has 3 aromatic rings. The number of aromatic nitrogens is 2. The highest BCUT2D eigenvalue weighted by Crippen LogP contribution is 2.29. The number of aryl methyl sites for hydroxylation is 1. The van der Waals surface area contributed by atoms with Crippen molar-refractivity contribution in [3.05, 3.63) is 75.7 Å². The van der Waals surface area contributed by atoms with Crippen molar-refractivity contribution in [2.45, 2.75) is 52.3 Å². The van der Waals surface area contributed by atoms with Crippen LogP contribution in [0.5, 0.6) is 0 Å². The van der Waals surface area contributed by atoms with Gasteiger partial charge in [-0.1, -0.05) is 18.2 Å². The number of esters is 1. The van der Waals surface area contributed by atoms with Crippen molar-refractivity contribution in [2.75, 3.05) is 13.1 Å². The zero-order chi connectivity index (χ0) is 22.5. The number of fused-ring (bicyclic) bond motifs is 3. The molecular weight excluding hydrogens is 414 g/mol. The number of nitrogens with zero attached hydrogens (tertiary/aromatic N) is 3. The standard InChI is InChI=1S/C27H27N3O3/c1-17-18(5-8-22-23(17)16-33-27(22)32)9-10-29-11-12-30-14-24(28-26(30)15-29)20-6-7-21-19(13-20)3-2-4-25(21)31/h5-8,13-14H,2-4,9-12,15-16H2,1H3. The molecule has 0 unspecified atom stereocenters. The molecule has 0 N–H and O–H groups in total. The van der Waals surface area contributed by atoms with Gasteiger partial charge in [-0.3, -0.25) is 9.69 Å². The van der Waals surface area contributed by atoms with Crippen LogP contribution in [0.2, 0.25) is 0 Å². The van der Waals surface area contributed by atoms with Crippen molar-refractivity contribution in [3.8, 4) is 11.3 Å². The number of ketones is 1. The fourth-order valence-corrected chi connectivity index (χ4v) is 5.39. The van der Waals surface area contributed by atoms with Gasteiger partial charge in [-0.05, 0) is 55.0 Å². The molecule has 0 atom stereocenters. The van der Waals surface area contributed by atoms with Crippen LogP contribution in [0.25, 0.3) is 11.3 Å². The first kappa shape index (κ1) is 20.4. The fourth-order valence-electron chi connectivity index (χ4n) is 5.39. The van der Waals surface area contributed by atoms with E-state index in [0.717, 1.165) is 84.8 Å². The van der Waals surface area contributed by atoms with E-state index >= 15 is 0 Å². The van der Waals surface area contributed by atoms with Gasteiger partial charge in [0.2, 0.25) is 0 Å². The Kier molecular flexibility index (Phi) is 4.91. The predicted molar refractivity (Wildman–Crippen MR) is 124 cm³/mol. The first-order chi connectivity index (χ1) is 16.1. The minimum absolute atomic E-state index is 0.205. The summed E-state index contributed by atoms with van der Waals surface area (Å²) in [5.41, 5.74) is 8.37. The highest BCUT2D eigenvalue weighted by Gasteiger charge is 2.25. The smallest absolute Gasteiger partial charge is 0.338 e. The molecule has 0 saturated carbocycles. The lowest BCUT2D eigenvalue weighted by atomic mass is 9.89. The van der Waals surface area contributed by atoms with Crippen LogP contribution in [-0.2, 0) is 37.3 Å². The molecule has 1 aromatic heterocycles. The topological polar surface area (TPSA) is 64.4 Å². The van der Waals surface area contributed by atoms with Crippen LogP contribution in [-0.4, -0.2) is 39.3 Å². The second-order valence-electron chi connectivity index (χ2n) is 9.36. The van der Waals surface area contributed by atoms with Gasteiger partial charge in [-0.25, -0.2) is 9.78 Å². The summed E-state index contributed by atoms with van der Waals surface area (Å²) in [6.07, 6.45) is 5.67. The quantitative estimate of drug-likeness (QED) is 0.570. The highest BCUT2D eigenvalue weighted by atomic mass is 16.5. The Morgan fingerprint density at radius 1 is 1.06 bits per heavy atom. The predicted octanol–water partition coefficient (Wildman–Crippen LogP) is 4.11. The molecule has 2 aromatic carbocycles. The maximum Gasteiger partial charge on any atom is 0.338 e. The molecule has 0 saturated heterocycles. The summed E-state index contributed by atoms with van der Waals surface area (Å²) in [6.45, 7) is 6.20. The maximum absolute atomic E-state index is 12.1. The van der Waals surface area contributed by atoms with E-state index in [2.05, 4.69) is 34.7 Å². The molecule has 33 heavy (non-hydrogen) atoms. The molecule has 1 aliphatic carbocycles. The van der Waals surface area contributed by atoms with E-state index in [0.29, 0.717) is 13.0 Å². The van der Waals surface area contributed by atoms with Gasteiger partial charge in [-0.15, -0.1) is 0 Å². The van der Waals surface area contributed by atoms with Gasteiger partial charge in [0.1, 0.15) is 12.4 Å². The van der Waals surface area contributed by atoms with Gasteiger partial charge in [0, 0.05) is 48.9 Å². The number of ether oxygens (including phenoxy) is 1. The molecule has 3 aliphatic rings. The molecule has 3 heterocycles. The van der Waals surface area contributed by atoms with Crippen LogP contribution < -0.4 is 0 Å². The number of carbonyl (C=O) groups excluding carboxylic acids is 2. The Balaban J connectivity index is 1.16. The molecule has 0 bridgehead atoms. The molecule has 6 heteroatoms. The third-order valence-corrected chi connectivity index (χ3v) is 7.41. The zero-order valence-corrected chi connectivity index (χ0v) is 18.9. The molecule has 168 valence electrons. The van der Waals surface area contributed by atoms with E-state index in [1.165, 1.54) is 11.1 Å². The average molecular weight is 442 g/mol. The summed E-state index contributed by atoms with van der Waals surface area (Å²) in [7, 11) is 0. The van der Waals surface area contributed by atoms with Gasteiger partial charge in [0.15, 0.2) is 5.78 Å². The van der Waals surface area contributed by atoms with E-state index in [-0.39, 0.29) is 11.8 Å². The van der Waals surface area contributed by atoms with Crippen molar-refractivity contribution < 1.29 is 14.3 Å². The molecule has 2 aliphatic heterocycles. The zero-order valence-electron chi connectivity index (χ0n) is 18.9. The number of carbonyl (C=O) groups is 2. The summed E-state index contributed by atoms with van der Waals surface area (Å²) >= 11 is 0. The average Bonchev–Trinajstić information content (AvgIpc) is 3.42. The molecule has 0 spiro atoms. The number of Topliss-reactive ketones (excluding diaryl/α,β-unsaturated/α-hetero) is 1. The Morgan fingerprint density at radius 2 is 1.94 bits per heavy atom. The van der Waals surface area contributed by atoms with Crippen LogP contribution >= 0.6 is 0 Å². The number of rotatable bonds is 4. The van der Waals surface area contributed by atoms with E-state index in [1.807, 2.05) is 18.2 Å². The van der Waals surface area contributed by atoms with Crippen LogP contribution in [0.1, 0.15) is 61.6 Å². The number of hydrogen-bond acceptors (Lipinski definition) is 5. The first-order valence-corrected chi connectivity index (χ1v) is 11.8. The monoisotopic (exact) mass is 441 g/mol. The second kappa shape index (κ2) is 7.96. The summed E-state index contributed by atoms with van der Waals surface area (Å²) in [5, 5.41) is 0. The van der Waals surface area contributed by atoms with Crippen LogP contribution in [0, 0.1) is 6.92 Å². The third kappa shape index (κ3) is 3.59. The summed E-state index contributed by atoms with van der Waals surface area (Å²) in [6, 6.07) is 10.2. The fraction of sp³-hybridized carbons (Fsp3) is 0.370. The minimum atomic E-state index is -0.205. The summed E-state index contributed by atoms with van der Waals surface area (Å²) in [5.74, 6) is 1.15. The van der Waals surface area contributed by atoms with Crippen molar-refractivity contribution in [3.63, 3.8) is 0 Å². The van der Waals surface area contributed by atoms with E-state index in [1.54, 1.807) is 0 Å². The Bertz CT molecular complexity index is 1290. The number of hydrogen-bond donors (Lipinski definition) is 0. The number of cyclic esters (lactones) is 1. The van der Waals surface area contributed by atoms with E-state index in [4.69, 9.17) is 9.72 Å². The normalized spacial score (nSPS) is 17.5. The number of benzene rings is 2. The minimum Gasteiger partial charge on any atom is -0.457 e. The van der Waals surface area contributed by atoms with Crippen LogP contribution in [0.3, 0.4) is 0 Å². The summed E-state index contributed by atoms with van der Waals surface area (Å²) in [4.78, 5) is 31.3. The van der Waals surface area contributed by atoms with Gasteiger partial charge >= 0.3 is 5.97 Å². The third-order valence-electron chi connectivity index (χ3n) is 7.41. The van der Waals surface area contributed by atoms with Gasteiger partial charge in [0.05, 0.1) is 17.8 Å². The van der Waals surface area contributed by atoms with E-state index < -0.39 is 0 Å². The lowest BCUT2D eigenvalue weighted by Crippen LogP contribution is -2.35. The molecule has 6 rings (SSSR count). The Hall–Kier alpha value is -3.25. The van der Waals surface area contributed by atoms with Gasteiger partial charge < -0.3 is 9.30 Å². The maximum atomic E-state index is 12.1. The molecule has 0 fully saturated rings. The van der Waals surface area contributed by atoms with Crippen LogP contribution in [0.4, 0.5) is 0 Å².